The molecule has 0 unspecified atom stereocenters. The molecule has 11 heteroatoms. The van der Waals surface area contributed by atoms with Crippen molar-refractivity contribution in [3.05, 3.63) is 148 Å². The van der Waals surface area contributed by atoms with E-state index in [1.807, 2.05) is 54.6 Å². The van der Waals surface area contributed by atoms with E-state index < -0.39 is 11.9 Å². The molecule has 1 aliphatic rings. The first-order chi connectivity index (χ1) is 22.3. The molecule has 4 aromatic carbocycles. The first-order valence-electron chi connectivity index (χ1n) is 14.0. The van der Waals surface area contributed by atoms with E-state index in [-0.39, 0.29) is 46.7 Å². The van der Waals surface area contributed by atoms with Crippen LogP contribution in [0, 0.1) is 0 Å². The second kappa shape index (κ2) is 14.7. The number of thiazole rings is 1. The zero-order valence-corrected chi connectivity index (χ0v) is 25.1. The Morgan fingerprint density at radius 3 is 1.72 bits per heavy atom. The fourth-order valence-electron chi connectivity index (χ4n) is 4.61. The number of nitrogens with zero attached hydrogens (tertiary/aromatic N) is 4. The topological polar surface area (TPSA) is 159 Å². The molecule has 1 aliphatic heterocycles. The van der Waals surface area contributed by atoms with Crippen LogP contribution in [-0.2, 0) is 12.8 Å². The number of hydrogen-bond acceptors (Lipinski definition) is 9. The van der Waals surface area contributed by atoms with Crippen molar-refractivity contribution in [3.63, 3.8) is 0 Å². The van der Waals surface area contributed by atoms with Gasteiger partial charge < -0.3 is 10.2 Å². The molecule has 0 saturated heterocycles. The van der Waals surface area contributed by atoms with E-state index in [4.69, 9.17) is 5.11 Å². The molecule has 228 valence electrons. The molecule has 5 aromatic rings. The normalized spacial score (nSPS) is 11.7. The van der Waals surface area contributed by atoms with Crippen LogP contribution in [0.2, 0.25) is 0 Å². The number of carbonyl (C=O) groups excluding carboxylic acids is 2. The van der Waals surface area contributed by atoms with Gasteiger partial charge in [0.2, 0.25) is 0 Å². The number of benzene rings is 4. The monoisotopic (exact) mass is 630 g/mol. The number of Topliss-reactive ketones (excluding diaryl/α,β-unsaturated/α-hetero) is 2. The molecular formula is C35H26N4O6S. The highest BCUT2D eigenvalue weighted by Crippen LogP contribution is 2.26. The van der Waals surface area contributed by atoms with E-state index in [0.29, 0.717) is 12.5 Å². The van der Waals surface area contributed by atoms with Crippen LogP contribution < -0.4 is 0 Å². The second-order valence-electron chi connectivity index (χ2n) is 9.96. The quantitative estimate of drug-likeness (QED) is 0.159. The van der Waals surface area contributed by atoms with Crippen molar-refractivity contribution in [2.45, 2.75) is 12.8 Å². The maximum Gasteiger partial charge on any atom is 0.336 e. The predicted octanol–water partition coefficient (Wildman–Crippen LogP) is 6.91. The van der Waals surface area contributed by atoms with Crippen LogP contribution in [-0.4, -0.2) is 51.2 Å². The lowest BCUT2D eigenvalue weighted by Gasteiger charge is -2.06. The Kier molecular flexibility index (Phi) is 10.1. The molecule has 2 N–H and O–H groups in total. The van der Waals surface area contributed by atoms with Crippen LogP contribution in [0.4, 0.5) is 0 Å². The summed E-state index contributed by atoms with van der Waals surface area (Å²) in [5, 5.41) is 26.9. The third-order valence-electron chi connectivity index (χ3n) is 6.85. The minimum absolute atomic E-state index is 0.0230. The zero-order valence-electron chi connectivity index (χ0n) is 24.2. The number of aromatic carboxylic acids is 2. The molecule has 46 heavy (non-hydrogen) atoms. The number of carboxylic acids is 2. The summed E-state index contributed by atoms with van der Waals surface area (Å²) in [5.74, 6) is -2.06. The summed E-state index contributed by atoms with van der Waals surface area (Å²) < 4.78 is 0. The van der Waals surface area contributed by atoms with Crippen LogP contribution in [0.15, 0.2) is 125 Å². The summed E-state index contributed by atoms with van der Waals surface area (Å²) in [6.07, 6.45) is 1.96. The molecule has 0 bridgehead atoms. The fourth-order valence-corrected chi connectivity index (χ4v) is 5.53. The van der Waals surface area contributed by atoms with Crippen molar-refractivity contribution < 1.29 is 29.4 Å². The summed E-state index contributed by atoms with van der Waals surface area (Å²) >= 11 is 1.44. The molecule has 0 aliphatic carbocycles. The zero-order chi connectivity index (χ0) is 32.5. The predicted molar refractivity (Wildman–Crippen MR) is 173 cm³/mol. The third-order valence-corrected chi connectivity index (χ3v) is 7.90. The molecule has 0 atom stereocenters. The van der Waals surface area contributed by atoms with Gasteiger partial charge in [-0.05, 0) is 17.7 Å². The summed E-state index contributed by atoms with van der Waals surface area (Å²) in [4.78, 5) is 56.4. The number of amidine groups is 1. The average molecular weight is 631 g/mol. The van der Waals surface area contributed by atoms with Crippen LogP contribution in [0.1, 0.15) is 57.4 Å². The van der Waals surface area contributed by atoms with Crippen molar-refractivity contribution in [3.8, 4) is 10.6 Å². The standard InChI is InChI=1S/C18H13NO3S.C17H13N3O3/c20-16(14-8-4-5-9-15(14)18(21)22)10-13-11-19-17(23-13)12-6-2-1-3-7-12;21-15(13-3-1-2-4-14(13)17(22)23)9-11-5-7-12(8-6-11)16-18-10-19-20-16/h1-9,11H,10H2,(H,21,22);1-8H,9-10H2,(H,22,23). The van der Waals surface area contributed by atoms with Crippen LogP contribution in [0.5, 0.6) is 0 Å². The second-order valence-corrected chi connectivity index (χ2v) is 11.1. The van der Waals surface area contributed by atoms with E-state index in [0.717, 1.165) is 26.6 Å². The van der Waals surface area contributed by atoms with Gasteiger partial charge in [0.25, 0.3) is 0 Å². The molecule has 0 spiro atoms. The van der Waals surface area contributed by atoms with E-state index in [1.165, 1.54) is 29.5 Å². The summed E-state index contributed by atoms with van der Waals surface area (Å²) in [6, 6.07) is 29.5. The SMILES string of the molecule is O=C(O)c1ccccc1C(=O)Cc1ccc(C2=NCN=N2)cc1.O=C(O)c1ccccc1C(=O)Cc1cnc(-c2ccccc2)s1. The number of carboxylic acid groups (broad SMARTS) is 2. The Bertz CT molecular complexity index is 1970. The minimum atomic E-state index is -1.10. The molecular weight excluding hydrogens is 604 g/mol. The summed E-state index contributed by atoms with van der Waals surface area (Å²) in [5.41, 5.74) is 3.15. The highest BCUT2D eigenvalue weighted by molar-refractivity contribution is 7.15. The Morgan fingerprint density at radius 2 is 1.17 bits per heavy atom. The number of rotatable bonds is 10. The highest BCUT2D eigenvalue weighted by atomic mass is 32.1. The molecule has 0 amide bonds. The number of aliphatic imine (C=N–C) groups is 1. The summed E-state index contributed by atoms with van der Waals surface area (Å²) in [7, 11) is 0. The Balaban J connectivity index is 0.000000181. The molecule has 0 radical (unpaired) electrons. The van der Waals surface area contributed by atoms with E-state index in [2.05, 4.69) is 20.2 Å². The van der Waals surface area contributed by atoms with Gasteiger partial charge in [-0.2, -0.15) is 5.11 Å². The van der Waals surface area contributed by atoms with Gasteiger partial charge in [0.1, 0.15) is 5.01 Å². The number of ketones is 2. The molecule has 0 saturated carbocycles. The van der Waals surface area contributed by atoms with Gasteiger partial charge in [-0.1, -0.05) is 91.0 Å². The van der Waals surface area contributed by atoms with Gasteiger partial charge in [0, 0.05) is 46.2 Å². The number of azo groups is 1. The molecule has 0 fully saturated rings. The highest BCUT2D eigenvalue weighted by Gasteiger charge is 2.18. The Morgan fingerprint density at radius 1 is 0.630 bits per heavy atom. The van der Waals surface area contributed by atoms with Crippen LogP contribution in [0.3, 0.4) is 0 Å². The van der Waals surface area contributed by atoms with Crippen molar-refractivity contribution in [1.29, 1.82) is 0 Å². The summed E-state index contributed by atoms with van der Waals surface area (Å²) in [6.45, 7) is 0.349. The Labute approximate surface area is 267 Å². The smallest absolute Gasteiger partial charge is 0.336 e. The lowest BCUT2D eigenvalue weighted by Crippen LogP contribution is -2.10. The van der Waals surface area contributed by atoms with Crippen molar-refractivity contribution in [1.82, 2.24) is 4.98 Å². The fraction of sp³-hybridized carbons (Fsp3) is 0.0857. The minimum Gasteiger partial charge on any atom is -0.478 e. The molecule has 1 aromatic heterocycles. The molecule has 2 heterocycles. The molecule has 6 rings (SSSR count). The van der Waals surface area contributed by atoms with E-state index in [9.17, 15) is 24.3 Å². The van der Waals surface area contributed by atoms with Gasteiger partial charge in [0.05, 0.1) is 11.1 Å². The van der Waals surface area contributed by atoms with Crippen LogP contribution in [0.25, 0.3) is 10.6 Å². The Hall–Kier alpha value is -5.94. The lowest BCUT2D eigenvalue weighted by molar-refractivity contribution is 0.0683. The first-order valence-corrected chi connectivity index (χ1v) is 14.8. The number of carbonyl (C=O) groups is 4. The largest absolute Gasteiger partial charge is 0.478 e. The van der Waals surface area contributed by atoms with Gasteiger partial charge in [0.15, 0.2) is 24.1 Å². The van der Waals surface area contributed by atoms with Gasteiger partial charge >= 0.3 is 11.9 Å². The van der Waals surface area contributed by atoms with Crippen molar-refractivity contribution >= 4 is 40.7 Å². The maximum absolute atomic E-state index is 12.4. The number of hydrogen-bond donors (Lipinski definition) is 2. The third kappa shape index (κ3) is 7.76. The first kappa shape index (κ1) is 31.5. The molecule has 10 nitrogen and oxygen atoms in total. The van der Waals surface area contributed by atoms with Crippen LogP contribution >= 0.6 is 11.3 Å². The van der Waals surface area contributed by atoms with Gasteiger partial charge in [-0.15, -0.1) is 16.5 Å². The lowest BCUT2D eigenvalue weighted by atomic mass is 9.98. The van der Waals surface area contributed by atoms with Crippen molar-refractivity contribution in [2.24, 2.45) is 15.2 Å². The van der Waals surface area contributed by atoms with Gasteiger partial charge in [-0.25, -0.2) is 19.6 Å². The average Bonchev–Trinajstić information content (AvgIpc) is 3.79. The van der Waals surface area contributed by atoms with Crippen molar-refractivity contribution in [2.75, 3.05) is 6.67 Å². The van der Waals surface area contributed by atoms with E-state index in [1.54, 1.807) is 36.5 Å². The van der Waals surface area contributed by atoms with Gasteiger partial charge in [-0.3, -0.25) is 9.59 Å². The maximum atomic E-state index is 12.4. The number of aromatic nitrogens is 1. The van der Waals surface area contributed by atoms with E-state index >= 15 is 0 Å².